The van der Waals surface area contributed by atoms with Crippen LogP contribution in [0.1, 0.15) is 18.9 Å². The number of nitrogens with one attached hydrogen (secondary N) is 1. The average molecular weight is 218 g/mol. The standard InChI is InChI=1S/C14H22N2/c1-11-4-6-13(7-5-11)16(3)14-10-15-9-8-12(14)2/h4-7,12,14-15H,8-10H2,1-3H3. The van der Waals surface area contributed by atoms with Crippen LogP contribution < -0.4 is 10.2 Å². The maximum Gasteiger partial charge on any atom is 0.0437 e. The van der Waals surface area contributed by atoms with E-state index in [0.717, 1.165) is 12.5 Å². The maximum atomic E-state index is 3.49. The van der Waals surface area contributed by atoms with Gasteiger partial charge in [0.15, 0.2) is 0 Å². The predicted molar refractivity (Wildman–Crippen MR) is 70.0 cm³/mol. The van der Waals surface area contributed by atoms with Crippen molar-refractivity contribution >= 4 is 5.69 Å². The van der Waals surface area contributed by atoms with Gasteiger partial charge in [0.2, 0.25) is 0 Å². The highest BCUT2D eigenvalue weighted by Gasteiger charge is 2.24. The highest BCUT2D eigenvalue weighted by atomic mass is 15.2. The summed E-state index contributed by atoms with van der Waals surface area (Å²) >= 11 is 0. The van der Waals surface area contributed by atoms with Gasteiger partial charge in [0, 0.05) is 25.3 Å². The van der Waals surface area contributed by atoms with Crippen LogP contribution in [0.25, 0.3) is 0 Å². The minimum Gasteiger partial charge on any atom is -0.370 e. The molecule has 0 amide bonds. The van der Waals surface area contributed by atoms with E-state index in [2.05, 4.69) is 55.4 Å². The second-order valence-electron chi connectivity index (χ2n) is 4.98. The van der Waals surface area contributed by atoms with Crippen molar-refractivity contribution in [3.05, 3.63) is 29.8 Å². The molecule has 1 aromatic rings. The Morgan fingerprint density at radius 3 is 2.56 bits per heavy atom. The van der Waals surface area contributed by atoms with E-state index >= 15 is 0 Å². The van der Waals surface area contributed by atoms with Crippen LogP contribution in [0.15, 0.2) is 24.3 Å². The number of aryl methyl sites for hydroxylation is 1. The molecule has 2 rings (SSSR count). The summed E-state index contributed by atoms with van der Waals surface area (Å²) in [5.41, 5.74) is 2.65. The molecule has 2 nitrogen and oxygen atoms in total. The Balaban J connectivity index is 2.11. The number of benzene rings is 1. The zero-order chi connectivity index (χ0) is 11.5. The summed E-state index contributed by atoms with van der Waals surface area (Å²) in [5, 5.41) is 3.49. The first-order valence-corrected chi connectivity index (χ1v) is 6.18. The first kappa shape index (κ1) is 11.5. The Labute approximate surface area is 98.7 Å². The number of anilines is 1. The molecule has 2 heteroatoms. The average Bonchev–Trinajstić information content (AvgIpc) is 2.30. The molecule has 88 valence electrons. The molecule has 1 aromatic carbocycles. The summed E-state index contributed by atoms with van der Waals surface area (Å²) < 4.78 is 0. The predicted octanol–water partition coefficient (Wildman–Crippen LogP) is 2.43. The van der Waals surface area contributed by atoms with Crippen LogP contribution in [0.2, 0.25) is 0 Å². The van der Waals surface area contributed by atoms with E-state index in [1.807, 2.05) is 0 Å². The molecule has 0 spiro atoms. The first-order valence-electron chi connectivity index (χ1n) is 6.18. The van der Waals surface area contributed by atoms with Gasteiger partial charge in [0.1, 0.15) is 0 Å². The minimum atomic E-state index is 0.622. The molecule has 1 aliphatic rings. The van der Waals surface area contributed by atoms with Gasteiger partial charge < -0.3 is 10.2 Å². The molecule has 1 saturated heterocycles. The van der Waals surface area contributed by atoms with Gasteiger partial charge >= 0.3 is 0 Å². The molecule has 0 saturated carbocycles. The van der Waals surface area contributed by atoms with Crippen molar-refractivity contribution < 1.29 is 0 Å². The lowest BCUT2D eigenvalue weighted by molar-refractivity contribution is 0.338. The van der Waals surface area contributed by atoms with Crippen molar-refractivity contribution in [2.24, 2.45) is 5.92 Å². The third kappa shape index (κ3) is 2.38. The van der Waals surface area contributed by atoms with E-state index in [4.69, 9.17) is 0 Å². The van der Waals surface area contributed by atoms with Crippen LogP contribution >= 0.6 is 0 Å². The van der Waals surface area contributed by atoms with Crippen LogP contribution in [0.3, 0.4) is 0 Å². The van der Waals surface area contributed by atoms with Gasteiger partial charge in [-0.2, -0.15) is 0 Å². The third-order valence-corrected chi connectivity index (χ3v) is 3.73. The SMILES string of the molecule is Cc1ccc(N(C)C2CNCCC2C)cc1. The van der Waals surface area contributed by atoms with Crippen LogP contribution in [0.5, 0.6) is 0 Å². The molecule has 0 bridgehead atoms. The highest BCUT2D eigenvalue weighted by Crippen LogP contribution is 2.22. The largest absolute Gasteiger partial charge is 0.370 e. The molecular weight excluding hydrogens is 196 g/mol. The number of hydrogen-bond donors (Lipinski definition) is 1. The van der Waals surface area contributed by atoms with Crippen molar-refractivity contribution in [1.29, 1.82) is 0 Å². The molecule has 16 heavy (non-hydrogen) atoms. The topological polar surface area (TPSA) is 15.3 Å². The fourth-order valence-corrected chi connectivity index (χ4v) is 2.46. The molecule has 1 aliphatic heterocycles. The molecule has 0 aliphatic carbocycles. The van der Waals surface area contributed by atoms with E-state index in [1.165, 1.54) is 24.2 Å². The normalized spacial score (nSPS) is 25.4. The van der Waals surface area contributed by atoms with Gasteiger partial charge in [-0.3, -0.25) is 0 Å². The number of hydrogen-bond acceptors (Lipinski definition) is 2. The number of nitrogens with zero attached hydrogens (tertiary/aromatic N) is 1. The van der Waals surface area contributed by atoms with E-state index in [-0.39, 0.29) is 0 Å². The molecular formula is C14H22N2. The van der Waals surface area contributed by atoms with Gasteiger partial charge in [-0.1, -0.05) is 24.6 Å². The smallest absolute Gasteiger partial charge is 0.0437 e. The van der Waals surface area contributed by atoms with Crippen molar-refractivity contribution in [2.45, 2.75) is 26.3 Å². The Morgan fingerprint density at radius 2 is 1.94 bits per heavy atom. The molecule has 1 fully saturated rings. The second-order valence-corrected chi connectivity index (χ2v) is 4.98. The summed E-state index contributed by atoms with van der Waals surface area (Å²) in [7, 11) is 2.21. The molecule has 1 heterocycles. The highest BCUT2D eigenvalue weighted by molar-refractivity contribution is 5.48. The van der Waals surface area contributed by atoms with Gasteiger partial charge in [-0.05, 0) is 37.9 Å². The molecule has 0 radical (unpaired) electrons. The Kier molecular flexibility index (Phi) is 3.49. The monoisotopic (exact) mass is 218 g/mol. The molecule has 1 N–H and O–H groups in total. The van der Waals surface area contributed by atoms with Crippen molar-refractivity contribution in [2.75, 3.05) is 25.0 Å². The van der Waals surface area contributed by atoms with Gasteiger partial charge in [-0.25, -0.2) is 0 Å². The number of rotatable bonds is 2. The summed E-state index contributed by atoms with van der Waals surface area (Å²) in [4.78, 5) is 2.41. The van der Waals surface area contributed by atoms with Gasteiger partial charge in [0.25, 0.3) is 0 Å². The summed E-state index contributed by atoms with van der Waals surface area (Å²) in [6.07, 6.45) is 1.28. The van der Waals surface area contributed by atoms with Crippen molar-refractivity contribution in [3.63, 3.8) is 0 Å². The van der Waals surface area contributed by atoms with Crippen LogP contribution in [-0.2, 0) is 0 Å². The van der Waals surface area contributed by atoms with E-state index in [0.29, 0.717) is 6.04 Å². The minimum absolute atomic E-state index is 0.622. The van der Waals surface area contributed by atoms with E-state index < -0.39 is 0 Å². The lowest BCUT2D eigenvalue weighted by Crippen LogP contribution is -2.49. The first-order chi connectivity index (χ1) is 7.68. The molecule has 2 atom stereocenters. The fraction of sp³-hybridized carbons (Fsp3) is 0.571. The third-order valence-electron chi connectivity index (χ3n) is 3.73. The van der Waals surface area contributed by atoms with Gasteiger partial charge in [0.05, 0.1) is 0 Å². The Hall–Kier alpha value is -1.02. The van der Waals surface area contributed by atoms with Gasteiger partial charge in [-0.15, -0.1) is 0 Å². The molecule has 2 unspecified atom stereocenters. The zero-order valence-corrected chi connectivity index (χ0v) is 10.5. The lowest BCUT2D eigenvalue weighted by Gasteiger charge is -2.38. The Morgan fingerprint density at radius 1 is 1.25 bits per heavy atom. The number of likely N-dealkylation sites (N-methyl/N-ethyl adjacent to an activating group) is 1. The maximum absolute atomic E-state index is 3.49. The lowest BCUT2D eigenvalue weighted by atomic mass is 9.93. The number of piperidine rings is 1. The van der Waals surface area contributed by atoms with Crippen LogP contribution in [-0.4, -0.2) is 26.2 Å². The van der Waals surface area contributed by atoms with Crippen LogP contribution in [0, 0.1) is 12.8 Å². The quantitative estimate of drug-likeness (QED) is 0.820. The second kappa shape index (κ2) is 4.88. The summed E-state index contributed by atoms with van der Waals surface area (Å²) in [6.45, 7) is 6.76. The summed E-state index contributed by atoms with van der Waals surface area (Å²) in [5.74, 6) is 0.771. The summed E-state index contributed by atoms with van der Waals surface area (Å²) in [6, 6.07) is 9.43. The zero-order valence-electron chi connectivity index (χ0n) is 10.5. The fourth-order valence-electron chi connectivity index (χ4n) is 2.46. The van der Waals surface area contributed by atoms with Crippen molar-refractivity contribution in [3.8, 4) is 0 Å². The van der Waals surface area contributed by atoms with Crippen molar-refractivity contribution in [1.82, 2.24) is 5.32 Å². The van der Waals surface area contributed by atoms with E-state index in [9.17, 15) is 0 Å². The van der Waals surface area contributed by atoms with Crippen LogP contribution in [0.4, 0.5) is 5.69 Å². The van der Waals surface area contributed by atoms with E-state index in [1.54, 1.807) is 0 Å². The Bertz CT molecular complexity index is 331. The molecule has 0 aromatic heterocycles.